The minimum absolute atomic E-state index is 0.154. The number of nitrogens with two attached hydrogens (primary N) is 1. The molecule has 26 heavy (non-hydrogen) atoms. The van der Waals surface area contributed by atoms with E-state index in [0.717, 1.165) is 21.4 Å². The van der Waals surface area contributed by atoms with E-state index in [-0.39, 0.29) is 18.2 Å². The first-order valence-electron chi connectivity index (χ1n) is 7.78. The molecular weight excluding hydrogens is 362 g/mol. The fourth-order valence-electron chi connectivity index (χ4n) is 2.43. The second-order valence-electron chi connectivity index (χ2n) is 5.60. The molecule has 0 bridgehead atoms. The molecule has 0 aliphatic heterocycles. The third-order valence-electron chi connectivity index (χ3n) is 3.78. The molecule has 1 aromatic carbocycles. The van der Waals surface area contributed by atoms with Crippen LogP contribution < -0.4 is 10.6 Å². The monoisotopic (exact) mass is 380 g/mol. The molecule has 0 amide bonds. The Kier molecular flexibility index (Phi) is 5.40. The van der Waals surface area contributed by atoms with Gasteiger partial charge in [-0.3, -0.25) is 4.57 Å². The van der Waals surface area contributed by atoms with Gasteiger partial charge in [0.15, 0.2) is 5.82 Å². The van der Waals surface area contributed by atoms with Crippen LogP contribution in [0, 0.1) is 13.8 Å². The van der Waals surface area contributed by atoms with E-state index in [1.165, 1.54) is 28.8 Å². The summed E-state index contributed by atoms with van der Waals surface area (Å²) in [5, 5.41) is 8.40. The molecule has 0 saturated carbocycles. The first kappa shape index (κ1) is 18.2. The summed E-state index contributed by atoms with van der Waals surface area (Å²) < 4.78 is 33.6. The predicted molar refractivity (Wildman–Crippen MR) is 93.5 cm³/mol. The number of hydrogen-bond acceptors (Lipinski definition) is 6. The predicted octanol–water partition coefficient (Wildman–Crippen LogP) is 3.07. The van der Waals surface area contributed by atoms with Crippen LogP contribution in [0.3, 0.4) is 0 Å². The van der Waals surface area contributed by atoms with E-state index < -0.39 is 6.55 Å². The maximum Gasteiger partial charge on any atom is 0.319 e. The van der Waals surface area contributed by atoms with Gasteiger partial charge in [0.1, 0.15) is 18.2 Å². The number of ether oxygens (including phenoxy) is 1. The largest absolute Gasteiger partial charge is 0.485 e. The van der Waals surface area contributed by atoms with Crippen LogP contribution >= 0.6 is 11.8 Å². The number of halogens is 2. The maximum absolute atomic E-state index is 12.8. The lowest BCUT2D eigenvalue weighted by Crippen LogP contribution is -2.16. The van der Waals surface area contributed by atoms with Gasteiger partial charge in [-0.05, 0) is 25.0 Å². The highest BCUT2D eigenvalue weighted by atomic mass is 32.2. The van der Waals surface area contributed by atoms with E-state index >= 15 is 0 Å². The van der Waals surface area contributed by atoms with Crippen molar-refractivity contribution in [3.63, 3.8) is 0 Å². The molecule has 3 rings (SSSR count). The van der Waals surface area contributed by atoms with Crippen LogP contribution in [0.25, 0.3) is 0 Å². The van der Waals surface area contributed by atoms with E-state index in [0.29, 0.717) is 11.0 Å². The van der Waals surface area contributed by atoms with Gasteiger partial charge in [-0.1, -0.05) is 30.0 Å². The lowest BCUT2D eigenvalue weighted by molar-refractivity contribution is 0.0678. The molecule has 0 fully saturated rings. The van der Waals surface area contributed by atoms with Crippen molar-refractivity contribution in [1.82, 2.24) is 24.4 Å². The van der Waals surface area contributed by atoms with Crippen molar-refractivity contribution in [3.8, 4) is 5.75 Å². The Bertz CT molecular complexity index is 874. The number of imidazole rings is 1. The number of hydrogen-bond donors (Lipinski definition) is 1. The molecule has 3 aromatic rings. The summed E-state index contributed by atoms with van der Waals surface area (Å²) in [7, 11) is 0. The Labute approximate surface area is 153 Å². The van der Waals surface area contributed by atoms with Crippen LogP contribution in [0.5, 0.6) is 5.75 Å². The van der Waals surface area contributed by atoms with Crippen LogP contribution in [0.1, 0.15) is 29.3 Å². The summed E-state index contributed by atoms with van der Waals surface area (Å²) in [5.74, 6) is 7.65. The average molecular weight is 380 g/mol. The minimum Gasteiger partial charge on any atom is -0.485 e. The minimum atomic E-state index is -2.63. The fourth-order valence-corrected chi connectivity index (χ4v) is 3.25. The van der Waals surface area contributed by atoms with Gasteiger partial charge in [0.2, 0.25) is 5.16 Å². The second-order valence-corrected chi connectivity index (χ2v) is 6.54. The van der Waals surface area contributed by atoms with Crippen molar-refractivity contribution < 1.29 is 13.5 Å². The zero-order chi connectivity index (χ0) is 18.7. The van der Waals surface area contributed by atoms with Crippen LogP contribution in [0.15, 0.2) is 35.7 Å². The smallest absolute Gasteiger partial charge is 0.319 e. The van der Waals surface area contributed by atoms with Crippen molar-refractivity contribution in [1.29, 1.82) is 0 Å². The van der Waals surface area contributed by atoms with Crippen molar-refractivity contribution in [3.05, 3.63) is 53.4 Å². The maximum atomic E-state index is 12.8. The Morgan fingerprint density at radius 1 is 1.19 bits per heavy atom. The van der Waals surface area contributed by atoms with E-state index in [2.05, 4.69) is 15.2 Å². The molecule has 7 nitrogen and oxygen atoms in total. The summed E-state index contributed by atoms with van der Waals surface area (Å²) in [6.07, 6.45) is 2.57. The molecule has 10 heteroatoms. The summed E-state index contributed by atoms with van der Waals surface area (Å²) in [6, 6.07) is 5.88. The Hall–Kier alpha value is -2.62. The number of aromatic nitrogens is 5. The normalized spacial score (nSPS) is 11.3. The number of nitrogens with zero attached hydrogens (tertiary/aromatic N) is 5. The lowest BCUT2D eigenvalue weighted by atomic mass is 10.1. The molecule has 0 radical (unpaired) electrons. The molecule has 0 spiro atoms. The molecule has 0 saturated heterocycles. The first-order chi connectivity index (χ1) is 12.5. The van der Waals surface area contributed by atoms with E-state index in [1.54, 1.807) is 0 Å². The molecule has 0 atom stereocenters. The molecular formula is C16H18F2N6OS. The molecule has 0 aliphatic rings. The Balaban J connectivity index is 1.65. The average Bonchev–Trinajstić information content (AvgIpc) is 3.20. The zero-order valence-corrected chi connectivity index (χ0v) is 15.1. The number of alkyl halides is 2. The van der Waals surface area contributed by atoms with Crippen LogP contribution in [-0.2, 0) is 12.4 Å². The quantitative estimate of drug-likeness (QED) is 0.501. The van der Waals surface area contributed by atoms with Gasteiger partial charge in [-0.25, -0.2) is 9.66 Å². The van der Waals surface area contributed by atoms with Crippen molar-refractivity contribution in [2.24, 2.45) is 0 Å². The third-order valence-corrected chi connectivity index (χ3v) is 4.72. The number of benzene rings is 1. The summed E-state index contributed by atoms with van der Waals surface area (Å²) in [5.41, 5.74) is 2.03. The van der Waals surface area contributed by atoms with Crippen LogP contribution in [0.2, 0.25) is 0 Å². The van der Waals surface area contributed by atoms with Gasteiger partial charge >= 0.3 is 6.55 Å². The first-order valence-corrected chi connectivity index (χ1v) is 8.77. The topological polar surface area (TPSA) is 83.8 Å². The van der Waals surface area contributed by atoms with Gasteiger partial charge in [-0.2, -0.15) is 8.78 Å². The highest BCUT2D eigenvalue weighted by Gasteiger charge is 2.15. The summed E-state index contributed by atoms with van der Waals surface area (Å²) in [4.78, 5) is 3.92. The standard InChI is InChI=1S/C16H18F2N6OS/c1-10-4-3-5-11(2)14(10)25-8-12-21-22-16(24(12)19)26-9-13-20-6-7-23(13)15(17)18/h3-7,15H,8-9,19H2,1-2H3. The number of nitrogen functional groups attached to an aromatic ring is 1. The van der Waals surface area contributed by atoms with E-state index in [1.807, 2.05) is 32.0 Å². The lowest BCUT2D eigenvalue weighted by Gasteiger charge is -2.11. The highest BCUT2D eigenvalue weighted by molar-refractivity contribution is 7.98. The number of rotatable bonds is 7. The van der Waals surface area contributed by atoms with Gasteiger partial charge in [0, 0.05) is 12.4 Å². The Morgan fingerprint density at radius 2 is 1.92 bits per heavy atom. The van der Waals surface area contributed by atoms with Crippen LogP contribution in [-0.4, -0.2) is 24.4 Å². The van der Waals surface area contributed by atoms with Gasteiger partial charge in [-0.15, -0.1) is 10.2 Å². The third kappa shape index (κ3) is 3.79. The summed E-state index contributed by atoms with van der Waals surface area (Å²) in [6.45, 7) is 1.44. The van der Waals surface area contributed by atoms with Crippen molar-refractivity contribution >= 4 is 11.8 Å². The van der Waals surface area contributed by atoms with Crippen molar-refractivity contribution in [2.45, 2.75) is 37.9 Å². The van der Waals surface area contributed by atoms with Crippen LogP contribution in [0.4, 0.5) is 8.78 Å². The highest BCUT2D eigenvalue weighted by Crippen LogP contribution is 2.25. The molecule has 2 aromatic heterocycles. The van der Waals surface area contributed by atoms with Gasteiger partial charge in [0.05, 0.1) is 5.75 Å². The van der Waals surface area contributed by atoms with E-state index in [9.17, 15) is 8.78 Å². The van der Waals surface area contributed by atoms with E-state index in [4.69, 9.17) is 10.6 Å². The molecule has 0 aliphatic carbocycles. The molecule has 2 heterocycles. The molecule has 0 unspecified atom stereocenters. The second kappa shape index (κ2) is 7.73. The summed E-state index contributed by atoms with van der Waals surface area (Å²) >= 11 is 1.18. The number of aryl methyl sites for hydroxylation is 2. The number of thioether (sulfide) groups is 1. The van der Waals surface area contributed by atoms with Gasteiger partial charge < -0.3 is 10.6 Å². The van der Waals surface area contributed by atoms with Gasteiger partial charge in [0.25, 0.3) is 0 Å². The molecule has 138 valence electrons. The number of para-hydroxylation sites is 1. The Morgan fingerprint density at radius 3 is 2.62 bits per heavy atom. The zero-order valence-electron chi connectivity index (χ0n) is 14.3. The molecule has 2 N–H and O–H groups in total. The SMILES string of the molecule is Cc1cccc(C)c1OCc1nnc(SCc2nccn2C(F)F)n1N. The fraction of sp³-hybridized carbons (Fsp3) is 0.312. The van der Waals surface area contributed by atoms with Crippen molar-refractivity contribution in [2.75, 3.05) is 5.84 Å².